The van der Waals surface area contributed by atoms with E-state index < -0.39 is 11.9 Å². The smallest absolute Gasteiger partial charge is 0.335 e. The van der Waals surface area contributed by atoms with Crippen molar-refractivity contribution in [3.8, 4) is 17.1 Å². The Morgan fingerprint density at radius 1 is 1.19 bits per heavy atom. The van der Waals surface area contributed by atoms with Crippen molar-refractivity contribution < 1.29 is 19.4 Å². The van der Waals surface area contributed by atoms with Gasteiger partial charge in [0.05, 0.1) is 24.4 Å². The van der Waals surface area contributed by atoms with Gasteiger partial charge in [-0.3, -0.25) is 4.79 Å². The Hall–Kier alpha value is -3.02. The van der Waals surface area contributed by atoms with Crippen LogP contribution < -0.4 is 4.74 Å². The van der Waals surface area contributed by atoms with Crippen molar-refractivity contribution in [3.63, 3.8) is 0 Å². The molecule has 1 N–H and O–H groups in total. The molecule has 1 heterocycles. The van der Waals surface area contributed by atoms with Crippen LogP contribution in [-0.2, 0) is 4.79 Å². The average Bonchev–Trinajstić information content (AvgIpc) is 2.48. The first kappa shape index (κ1) is 14.4. The molecule has 0 bridgehead atoms. The number of rotatable bonds is 5. The fourth-order valence-corrected chi connectivity index (χ4v) is 1.57. The molecule has 0 aliphatic rings. The molecule has 0 aliphatic carbocycles. The lowest BCUT2D eigenvalue weighted by atomic mass is 10.1. The van der Waals surface area contributed by atoms with Gasteiger partial charge >= 0.3 is 11.9 Å². The summed E-state index contributed by atoms with van der Waals surface area (Å²) in [5.74, 6) is -0.776. The molecule has 0 unspecified atom stereocenters. The lowest BCUT2D eigenvalue weighted by Crippen LogP contribution is -2.06. The molecule has 21 heavy (non-hydrogen) atoms. The van der Waals surface area contributed by atoms with Crippen LogP contribution in [0.25, 0.3) is 11.4 Å². The first-order valence-electron chi connectivity index (χ1n) is 6.07. The lowest BCUT2D eigenvalue weighted by molar-refractivity contribution is -0.133. The maximum absolute atomic E-state index is 11.3. The van der Waals surface area contributed by atoms with Crippen molar-refractivity contribution in [2.75, 3.05) is 0 Å². The highest BCUT2D eigenvalue weighted by molar-refractivity contribution is 5.88. The standard InChI is InChI=1S/C15H12N2O4/c1-2-3-13(18)21-12-8-16-14(17-9-12)10-4-6-11(7-5-10)15(19)20/h2,4-9H,1,3H2,(H,19,20). The van der Waals surface area contributed by atoms with Crippen LogP contribution in [0.3, 0.4) is 0 Å². The van der Waals surface area contributed by atoms with E-state index in [-0.39, 0.29) is 17.7 Å². The van der Waals surface area contributed by atoms with E-state index in [0.29, 0.717) is 11.4 Å². The van der Waals surface area contributed by atoms with Gasteiger partial charge in [-0.15, -0.1) is 6.58 Å². The number of carboxylic acids is 1. The Kier molecular flexibility index (Phi) is 4.40. The highest BCUT2D eigenvalue weighted by atomic mass is 16.5. The molecule has 6 heteroatoms. The van der Waals surface area contributed by atoms with E-state index in [9.17, 15) is 9.59 Å². The van der Waals surface area contributed by atoms with Crippen LogP contribution in [0.1, 0.15) is 16.8 Å². The van der Waals surface area contributed by atoms with Gasteiger partial charge < -0.3 is 9.84 Å². The monoisotopic (exact) mass is 284 g/mol. The molecule has 0 fully saturated rings. The number of carbonyl (C=O) groups is 2. The molecule has 2 aromatic rings. The Bertz CT molecular complexity index is 663. The molecule has 1 aromatic carbocycles. The summed E-state index contributed by atoms with van der Waals surface area (Å²) in [4.78, 5) is 30.2. The number of hydrogen-bond acceptors (Lipinski definition) is 5. The molecular weight excluding hydrogens is 272 g/mol. The Morgan fingerprint density at radius 3 is 2.33 bits per heavy atom. The number of carboxylic acid groups (broad SMARTS) is 1. The van der Waals surface area contributed by atoms with Crippen LogP contribution >= 0.6 is 0 Å². The minimum Gasteiger partial charge on any atom is -0.478 e. The third-order valence-electron chi connectivity index (χ3n) is 2.56. The zero-order valence-electron chi connectivity index (χ0n) is 11.0. The van der Waals surface area contributed by atoms with E-state index in [2.05, 4.69) is 16.5 Å². The van der Waals surface area contributed by atoms with Crippen molar-refractivity contribution in [2.24, 2.45) is 0 Å². The first-order valence-corrected chi connectivity index (χ1v) is 6.07. The molecule has 0 atom stereocenters. The van der Waals surface area contributed by atoms with Crippen LogP contribution in [0, 0.1) is 0 Å². The van der Waals surface area contributed by atoms with Gasteiger partial charge in [-0.25, -0.2) is 14.8 Å². The van der Waals surface area contributed by atoms with Gasteiger partial charge in [-0.05, 0) is 12.1 Å². The fraction of sp³-hybridized carbons (Fsp3) is 0.0667. The van der Waals surface area contributed by atoms with Gasteiger partial charge in [0.2, 0.25) is 0 Å². The number of esters is 1. The second-order valence-electron chi connectivity index (χ2n) is 4.09. The number of hydrogen-bond donors (Lipinski definition) is 1. The third kappa shape index (κ3) is 3.73. The van der Waals surface area contributed by atoms with Gasteiger partial charge in [0.15, 0.2) is 11.6 Å². The summed E-state index contributed by atoms with van der Waals surface area (Å²) in [5.41, 5.74) is 0.859. The van der Waals surface area contributed by atoms with Crippen molar-refractivity contribution in [2.45, 2.75) is 6.42 Å². The fourth-order valence-electron chi connectivity index (χ4n) is 1.57. The predicted octanol–water partition coefficient (Wildman–Crippen LogP) is 2.32. The summed E-state index contributed by atoms with van der Waals surface area (Å²) in [7, 11) is 0. The van der Waals surface area contributed by atoms with E-state index in [1.165, 1.54) is 30.6 Å². The quantitative estimate of drug-likeness (QED) is 0.669. The summed E-state index contributed by atoms with van der Waals surface area (Å²) in [5, 5.41) is 8.82. The molecule has 2 rings (SSSR count). The zero-order valence-corrected chi connectivity index (χ0v) is 11.0. The molecule has 0 radical (unpaired) electrons. The predicted molar refractivity (Wildman–Crippen MR) is 74.9 cm³/mol. The lowest BCUT2D eigenvalue weighted by Gasteiger charge is -2.04. The summed E-state index contributed by atoms with van der Waals surface area (Å²) in [6, 6.07) is 6.17. The van der Waals surface area contributed by atoms with Crippen molar-refractivity contribution in [3.05, 3.63) is 54.9 Å². The molecule has 6 nitrogen and oxygen atoms in total. The number of aromatic carboxylic acids is 1. The number of carbonyl (C=O) groups excluding carboxylic acids is 1. The number of nitrogens with zero attached hydrogens (tertiary/aromatic N) is 2. The van der Waals surface area contributed by atoms with Crippen LogP contribution in [0.15, 0.2) is 49.3 Å². The van der Waals surface area contributed by atoms with Crippen molar-refractivity contribution >= 4 is 11.9 Å². The van der Waals surface area contributed by atoms with Crippen LogP contribution in [-0.4, -0.2) is 27.0 Å². The minimum absolute atomic E-state index is 0.110. The third-order valence-corrected chi connectivity index (χ3v) is 2.56. The molecule has 0 amide bonds. The highest BCUT2D eigenvalue weighted by Gasteiger charge is 2.07. The maximum atomic E-state index is 11.3. The number of benzene rings is 1. The van der Waals surface area contributed by atoms with Crippen molar-refractivity contribution in [1.29, 1.82) is 0 Å². The maximum Gasteiger partial charge on any atom is 0.335 e. The van der Waals surface area contributed by atoms with Gasteiger partial charge in [0.1, 0.15) is 0 Å². The summed E-state index contributed by atoms with van der Waals surface area (Å²) in [6.07, 6.45) is 4.32. The molecule has 0 saturated carbocycles. The van der Waals surface area contributed by atoms with Crippen LogP contribution in [0.4, 0.5) is 0 Å². The number of ether oxygens (including phenoxy) is 1. The minimum atomic E-state index is -0.994. The van der Waals surface area contributed by atoms with E-state index >= 15 is 0 Å². The summed E-state index contributed by atoms with van der Waals surface area (Å²) >= 11 is 0. The molecule has 0 saturated heterocycles. The molecule has 106 valence electrons. The van der Waals surface area contributed by atoms with Gasteiger partial charge in [-0.2, -0.15) is 0 Å². The molecule has 1 aromatic heterocycles. The van der Waals surface area contributed by atoms with Crippen LogP contribution in [0.2, 0.25) is 0 Å². The second-order valence-corrected chi connectivity index (χ2v) is 4.09. The topological polar surface area (TPSA) is 89.4 Å². The Balaban J connectivity index is 2.13. The van der Waals surface area contributed by atoms with Crippen LogP contribution in [0.5, 0.6) is 5.75 Å². The zero-order chi connectivity index (χ0) is 15.2. The summed E-state index contributed by atoms with van der Waals surface area (Å²) < 4.78 is 4.98. The van der Waals surface area contributed by atoms with E-state index in [1.54, 1.807) is 12.1 Å². The molecular formula is C15H12N2O4. The van der Waals surface area contributed by atoms with Crippen molar-refractivity contribution in [1.82, 2.24) is 9.97 Å². The molecule has 0 aliphatic heterocycles. The van der Waals surface area contributed by atoms with Gasteiger partial charge in [0, 0.05) is 5.56 Å². The average molecular weight is 284 g/mol. The van der Waals surface area contributed by atoms with E-state index in [1.807, 2.05) is 0 Å². The van der Waals surface area contributed by atoms with Gasteiger partial charge in [-0.1, -0.05) is 18.2 Å². The SMILES string of the molecule is C=CCC(=O)Oc1cnc(-c2ccc(C(=O)O)cc2)nc1. The Labute approximate surface area is 120 Å². The largest absolute Gasteiger partial charge is 0.478 e. The number of aromatic nitrogens is 2. The van der Waals surface area contributed by atoms with E-state index in [4.69, 9.17) is 9.84 Å². The first-order chi connectivity index (χ1) is 10.1. The normalized spacial score (nSPS) is 9.90. The second kappa shape index (κ2) is 6.42. The highest BCUT2D eigenvalue weighted by Crippen LogP contribution is 2.17. The van der Waals surface area contributed by atoms with Gasteiger partial charge in [0.25, 0.3) is 0 Å². The molecule has 0 spiro atoms. The Morgan fingerprint density at radius 2 is 1.81 bits per heavy atom. The summed E-state index contributed by atoms with van der Waals surface area (Å²) in [6.45, 7) is 3.44. The van der Waals surface area contributed by atoms with E-state index in [0.717, 1.165) is 0 Å².